The van der Waals surface area contributed by atoms with E-state index in [2.05, 4.69) is 5.32 Å². The zero-order valence-electron chi connectivity index (χ0n) is 10.4. The molecule has 0 spiro atoms. The molecule has 4 nitrogen and oxygen atoms in total. The molecule has 0 radical (unpaired) electrons. The molecule has 1 aromatic carbocycles. The Balaban J connectivity index is 2.05. The summed E-state index contributed by atoms with van der Waals surface area (Å²) in [6, 6.07) is 9.22. The zero-order chi connectivity index (χ0) is 13.8. The number of aromatic carboxylic acids is 1. The SMILES string of the molecule is CC(NCc1ccoc1C(=O)O)c1ccccc1Cl. The lowest BCUT2D eigenvalue weighted by atomic mass is 10.1. The first-order valence-electron chi connectivity index (χ1n) is 5.87. The van der Waals surface area contributed by atoms with Crippen molar-refractivity contribution in [1.29, 1.82) is 0 Å². The molecule has 19 heavy (non-hydrogen) atoms. The van der Waals surface area contributed by atoms with Gasteiger partial charge in [0.1, 0.15) is 0 Å². The Morgan fingerprint density at radius 2 is 2.16 bits per heavy atom. The van der Waals surface area contributed by atoms with Crippen molar-refractivity contribution < 1.29 is 14.3 Å². The van der Waals surface area contributed by atoms with Crippen molar-refractivity contribution in [2.45, 2.75) is 19.5 Å². The van der Waals surface area contributed by atoms with E-state index in [0.29, 0.717) is 17.1 Å². The lowest BCUT2D eigenvalue weighted by molar-refractivity contribution is 0.0660. The van der Waals surface area contributed by atoms with E-state index in [1.54, 1.807) is 6.07 Å². The smallest absolute Gasteiger partial charge is 0.372 e. The molecule has 0 fully saturated rings. The average Bonchev–Trinajstić information content (AvgIpc) is 2.85. The van der Waals surface area contributed by atoms with Gasteiger partial charge in [-0.05, 0) is 24.6 Å². The molecular weight excluding hydrogens is 266 g/mol. The van der Waals surface area contributed by atoms with E-state index >= 15 is 0 Å². The van der Waals surface area contributed by atoms with Gasteiger partial charge in [0, 0.05) is 23.2 Å². The minimum Gasteiger partial charge on any atom is -0.475 e. The minimum absolute atomic E-state index is 0.0187. The number of carbonyl (C=O) groups is 1. The molecule has 0 bridgehead atoms. The summed E-state index contributed by atoms with van der Waals surface area (Å²) in [6.45, 7) is 2.38. The molecular formula is C14H14ClNO3. The number of benzene rings is 1. The third-order valence-electron chi connectivity index (χ3n) is 2.91. The molecule has 0 amide bonds. The van der Waals surface area contributed by atoms with Gasteiger partial charge < -0.3 is 14.8 Å². The highest BCUT2D eigenvalue weighted by Gasteiger charge is 2.15. The highest BCUT2D eigenvalue weighted by molar-refractivity contribution is 6.31. The van der Waals surface area contributed by atoms with Crippen LogP contribution < -0.4 is 5.32 Å². The first kappa shape index (κ1) is 13.6. The van der Waals surface area contributed by atoms with Crippen molar-refractivity contribution in [2.75, 3.05) is 0 Å². The highest BCUT2D eigenvalue weighted by atomic mass is 35.5. The highest BCUT2D eigenvalue weighted by Crippen LogP contribution is 2.22. The van der Waals surface area contributed by atoms with E-state index in [0.717, 1.165) is 5.56 Å². The van der Waals surface area contributed by atoms with Crippen molar-refractivity contribution >= 4 is 17.6 Å². The quantitative estimate of drug-likeness (QED) is 0.879. The molecule has 2 N–H and O–H groups in total. The van der Waals surface area contributed by atoms with Crippen LogP contribution in [-0.2, 0) is 6.54 Å². The summed E-state index contributed by atoms with van der Waals surface area (Å²) < 4.78 is 4.92. The van der Waals surface area contributed by atoms with Crippen LogP contribution in [0.2, 0.25) is 5.02 Å². The molecule has 2 rings (SSSR count). The van der Waals surface area contributed by atoms with Gasteiger partial charge >= 0.3 is 5.97 Å². The third-order valence-corrected chi connectivity index (χ3v) is 3.26. The number of carboxylic acids is 1. The van der Waals surface area contributed by atoms with Crippen LogP contribution in [0.5, 0.6) is 0 Å². The Kier molecular flexibility index (Phi) is 4.24. The summed E-state index contributed by atoms with van der Waals surface area (Å²) in [7, 11) is 0. The summed E-state index contributed by atoms with van der Waals surface area (Å²) in [4.78, 5) is 10.9. The minimum atomic E-state index is -1.06. The van der Waals surface area contributed by atoms with Gasteiger partial charge in [-0.3, -0.25) is 0 Å². The van der Waals surface area contributed by atoms with Crippen molar-refractivity contribution in [3.63, 3.8) is 0 Å². The lowest BCUT2D eigenvalue weighted by Crippen LogP contribution is -2.19. The molecule has 0 aliphatic rings. The fourth-order valence-electron chi connectivity index (χ4n) is 1.86. The molecule has 1 atom stereocenters. The van der Waals surface area contributed by atoms with Crippen LogP contribution >= 0.6 is 11.6 Å². The maximum absolute atomic E-state index is 10.9. The van der Waals surface area contributed by atoms with Crippen LogP contribution in [0.15, 0.2) is 41.0 Å². The Morgan fingerprint density at radius 1 is 1.42 bits per heavy atom. The van der Waals surface area contributed by atoms with Crippen molar-refractivity contribution in [3.8, 4) is 0 Å². The normalized spacial score (nSPS) is 12.3. The number of furan rings is 1. The van der Waals surface area contributed by atoms with E-state index in [4.69, 9.17) is 21.1 Å². The number of halogens is 1. The van der Waals surface area contributed by atoms with Gasteiger partial charge in [0.05, 0.1) is 6.26 Å². The summed E-state index contributed by atoms with van der Waals surface area (Å²) in [5.74, 6) is -1.09. The van der Waals surface area contributed by atoms with Gasteiger partial charge in [-0.2, -0.15) is 0 Å². The molecule has 100 valence electrons. The van der Waals surface area contributed by atoms with Gasteiger partial charge in [-0.15, -0.1) is 0 Å². The topological polar surface area (TPSA) is 62.5 Å². The second kappa shape index (κ2) is 5.91. The van der Waals surface area contributed by atoms with Crippen molar-refractivity contribution in [3.05, 3.63) is 58.5 Å². The first-order chi connectivity index (χ1) is 9.09. The largest absolute Gasteiger partial charge is 0.475 e. The third kappa shape index (κ3) is 3.16. The predicted octanol–water partition coefficient (Wildman–Crippen LogP) is 3.48. The lowest BCUT2D eigenvalue weighted by Gasteiger charge is -2.15. The van der Waals surface area contributed by atoms with Gasteiger partial charge in [0.25, 0.3) is 0 Å². The Hall–Kier alpha value is -1.78. The average molecular weight is 280 g/mol. The molecule has 0 saturated heterocycles. The zero-order valence-corrected chi connectivity index (χ0v) is 11.1. The van der Waals surface area contributed by atoms with Crippen LogP contribution in [-0.4, -0.2) is 11.1 Å². The summed E-state index contributed by atoms with van der Waals surface area (Å²) in [5, 5.41) is 12.9. The van der Waals surface area contributed by atoms with Gasteiger partial charge in [0.2, 0.25) is 5.76 Å². The molecule has 1 heterocycles. The number of hydrogen-bond acceptors (Lipinski definition) is 3. The Morgan fingerprint density at radius 3 is 2.84 bits per heavy atom. The van der Waals surface area contributed by atoms with Crippen molar-refractivity contribution in [2.24, 2.45) is 0 Å². The maximum Gasteiger partial charge on any atom is 0.372 e. The van der Waals surface area contributed by atoms with Gasteiger partial charge in [-0.1, -0.05) is 29.8 Å². The fraction of sp³-hybridized carbons (Fsp3) is 0.214. The van der Waals surface area contributed by atoms with Crippen LogP contribution in [0, 0.1) is 0 Å². The second-order valence-electron chi connectivity index (χ2n) is 4.20. The van der Waals surface area contributed by atoms with Crippen LogP contribution in [0.4, 0.5) is 0 Å². The van der Waals surface area contributed by atoms with E-state index in [1.165, 1.54) is 6.26 Å². The van der Waals surface area contributed by atoms with Crippen molar-refractivity contribution in [1.82, 2.24) is 5.32 Å². The molecule has 0 aliphatic carbocycles. The molecule has 2 aromatic rings. The molecule has 0 aliphatic heterocycles. The number of carboxylic acid groups (broad SMARTS) is 1. The fourth-order valence-corrected chi connectivity index (χ4v) is 2.16. The van der Waals surface area contributed by atoms with Crippen LogP contribution in [0.3, 0.4) is 0 Å². The first-order valence-corrected chi connectivity index (χ1v) is 6.25. The maximum atomic E-state index is 10.9. The number of rotatable bonds is 5. The van der Waals surface area contributed by atoms with Gasteiger partial charge in [-0.25, -0.2) is 4.79 Å². The van der Waals surface area contributed by atoms with Gasteiger partial charge in [0.15, 0.2) is 0 Å². The summed E-state index contributed by atoms with van der Waals surface area (Å²) >= 11 is 6.11. The predicted molar refractivity (Wildman–Crippen MR) is 72.4 cm³/mol. The monoisotopic (exact) mass is 279 g/mol. The van der Waals surface area contributed by atoms with E-state index < -0.39 is 5.97 Å². The molecule has 1 unspecified atom stereocenters. The van der Waals surface area contributed by atoms with E-state index in [1.807, 2.05) is 31.2 Å². The Labute approximate surface area is 116 Å². The standard InChI is InChI=1S/C14H14ClNO3/c1-9(11-4-2-3-5-12(11)15)16-8-10-6-7-19-13(10)14(17)18/h2-7,9,16H,8H2,1H3,(H,17,18). The Bertz CT molecular complexity index is 580. The second-order valence-corrected chi connectivity index (χ2v) is 4.61. The molecule has 5 heteroatoms. The number of nitrogens with one attached hydrogen (secondary N) is 1. The van der Waals surface area contributed by atoms with Crippen LogP contribution in [0.25, 0.3) is 0 Å². The summed E-state index contributed by atoms with van der Waals surface area (Å²) in [5.41, 5.74) is 1.59. The van der Waals surface area contributed by atoms with E-state index in [-0.39, 0.29) is 11.8 Å². The van der Waals surface area contributed by atoms with Crippen LogP contribution in [0.1, 0.15) is 34.6 Å². The molecule has 1 aromatic heterocycles. The summed E-state index contributed by atoms with van der Waals surface area (Å²) in [6.07, 6.45) is 1.38. The molecule has 0 saturated carbocycles. The number of hydrogen-bond donors (Lipinski definition) is 2. The van der Waals surface area contributed by atoms with E-state index in [9.17, 15) is 4.79 Å².